The summed E-state index contributed by atoms with van der Waals surface area (Å²) in [4.78, 5) is 14.4. The van der Waals surface area contributed by atoms with Crippen molar-refractivity contribution in [2.45, 2.75) is 26.4 Å². The molecule has 1 aliphatic rings. The van der Waals surface area contributed by atoms with Crippen LogP contribution in [-0.4, -0.2) is 22.0 Å². The van der Waals surface area contributed by atoms with Crippen LogP contribution in [0.1, 0.15) is 25.6 Å². The third-order valence-corrected chi connectivity index (χ3v) is 4.09. The van der Waals surface area contributed by atoms with Gasteiger partial charge < -0.3 is 14.8 Å². The molecule has 2 amide bonds. The van der Waals surface area contributed by atoms with Gasteiger partial charge in [0, 0.05) is 25.0 Å². The molecule has 0 aliphatic carbocycles. The first-order chi connectivity index (χ1) is 10.6. The summed E-state index contributed by atoms with van der Waals surface area (Å²) < 4.78 is 15.9. The summed E-state index contributed by atoms with van der Waals surface area (Å²) in [6.07, 6.45) is 2.04. The second kappa shape index (κ2) is 5.83. The van der Waals surface area contributed by atoms with E-state index in [9.17, 15) is 9.18 Å². The molecule has 0 fully saturated rings. The van der Waals surface area contributed by atoms with Crippen LogP contribution in [0.4, 0.5) is 14.9 Å². The standard InChI is InChI=1S/C17H20FN3O/c1-12(2)16-15-8-5-9-20(15)10-11-21(16)17(22)19-14-7-4-3-6-13(14)18/h3-9,12,16H,10-11H2,1-2H3,(H,19,22). The highest BCUT2D eigenvalue weighted by molar-refractivity contribution is 5.89. The SMILES string of the molecule is CC(C)C1c2cccn2CCN1C(=O)Nc1ccccc1F. The monoisotopic (exact) mass is 301 g/mol. The van der Waals surface area contributed by atoms with Crippen molar-refractivity contribution in [2.75, 3.05) is 11.9 Å². The van der Waals surface area contributed by atoms with Gasteiger partial charge in [-0.15, -0.1) is 0 Å². The molecule has 0 bridgehead atoms. The van der Waals surface area contributed by atoms with Crippen LogP contribution < -0.4 is 5.32 Å². The summed E-state index contributed by atoms with van der Waals surface area (Å²) >= 11 is 0. The first kappa shape index (κ1) is 14.6. The van der Waals surface area contributed by atoms with Crippen molar-refractivity contribution in [2.24, 2.45) is 5.92 Å². The summed E-state index contributed by atoms with van der Waals surface area (Å²) in [5, 5.41) is 2.69. The van der Waals surface area contributed by atoms with Gasteiger partial charge in [0.1, 0.15) is 5.82 Å². The van der Waals surface area contributed by atoms with Crippen LogP contribution in [0.15, 0.2) is 42.6 Å². The molecule has 3 rings (SSSR count). The quantitative estimate of drug-likeness (QED) is 0.898. The number of amides is 2. The van der Waals surface area contributed by atoms with Gasteiger partial charge in [-0.1, -0.05) is 26.0 Å². The number of carbonyl (C=O) groups is 1. The highest BCUT2D eigenvalue weighted by Crippen LogP contribution is 2.32. The van der Waals surface area contributed by atoms with E-state index in [-0.39, 0.29) is 23.7 Å². The molecular formula is C17H20FN3O. The molecule has 0 spiro atoms. The lowest BCUT2D eigenvalue weighted by molar-refractivity contribution is 0.143. The maximum Gasteiger partial charge on any atom is 0.322 e. The molecule has 116 valence electrons. The van der Waals surface area contributed by atoms with E-state index in [1.807, 2.05) is 18.3 Å². The van der Waals surface area contributed by atoms with Crippen LogP contribution in [0.25, 0.3) is 0 Å². The number of benzene rings is 1. The molecule has 1 aromatic carbocycles. The lowest BCUT2D eigenvalue weighted by Crippen LogP contribution is -2.45. The van der Waals surface area contributed by atoms with E-state index < -0.39 is 5.82 Å². The summed E-state index contributed by atoms with van der Waals surface area (Å²) in [6.45, 7) is 5.56. The van der Waals surface area contributed by atoms with Crippen molar-refractivity contribution in [3.63, 3.8) is 0 Å². The smallest absolute Gasteiger partial charge is 0.322 e. The van der Waals surface area contributed by atoms with Crippen molar-refractivity contribution >= 4 is 11.7 Å². The van der Waals surface area contributed by atoms with Crippen molar-refractivity contribution in [1.82, 2.24) is 9.47 Å². The minimum absolute atomic E-state index is 0.00414. The largest absolute Gasteiger partial charge is 0.348 e. The maximum atomic E-state index is 13.7. The van der Waals surface area contributed by atoms with Crippen LogP contribution in [0.2, 0.25) is 0 Å². The molecule has 1 unspecified atom stereocenters. The third-order valence-electron chi connectivity index (χ3n) is 4.09. The number of carbonyl (C=O) groups excluding carboxylic acids is 1. The zero-order valence-electron chi connectivity index (χ0n) is 12.8. The van der Waals surface area contributed by atoms with E-state index in [0.717, 1.165) is 12.2 Å². The Labute approximate surface area is 129 Å². The normalized spacial score (nSPS) is 17.5. The Morgan fingerprint density at radius 2 is 2.00 bits per heavy atom. The molecule has 1 N–H and O–H groups in total. The number of aromatic nitrogens is 1. The first-order valence-corrected chi connectivity index (χ1v) is 7.55. The van der Waals surface area contributed by atoms with Crippen molar-refractivity contribution in [3.8, 4) is 0 Å². The number of fused-ring (bicyclic) bond motifs is 1. The lowest BCUT2D eigenvalue weighted by Gasteiger charge is -2.39. The zero-order chi connectivity index (χ0) is 15.7. The molecule has 22 heavy (non-hydrogen) atoms. The number of urea groups is 1. The predicted molar refractivity (Wildman–Crippen MR) is 84.1 cm³/mol. The Morgan fingerprint density at radius 3 is 2.73 bits per heavy atom. The summed E-state index contributed by atoms with van der Waals surface area (Å²) in [6, 6.07) is 10.0. The molecule has 0 saturated carbocycles. The summed E-state index contributed by atoms with van der Waals surface area (Å²) in [5.41, 5.74) is 1.35. The summed E-state index contributed by atoms with van der Waals surface area (Å²) in [7, 11) is 0. The molecule has 5 heteroatoms. The molecule has 2 heterocycles. The maximum absolute atomic E-state index is 13.7. The molecule has 4 nitrogen and oxygen atoms in total. The predicted octanol–water partition coefficient (Wildman–Crippen LogP) is 3.87. The van der Waals surface area contributed by atoms with Gasteiger partial charge in [-0.05, 0) is 30.2 Å². The van der Waals surface area contributed by atoms with Crippen molar-refractivity contribution in [3.05, 3.63) is 54.1 Å². The van der Waals surface area contributed by atoms with Gasteiger partial charge in [0.05, 0.1) is 11.7 Å². The molecular weight excluding hydrogens is 281 g/mol. The molecule has 1 atom stereocenters. The fourth-order valence-electron chi connectivity index (χ4n) is 3.09. The molecule has 0 radical (unpaired) electrons. The highest BCUT2D eigenvalue weighted by atomic mass is 19.1. The third kappa shape index (κ3) is 2.58. The van der Waals surface area contributed by atoms with Crippen LogP contribution in [0.5, 0.6) is 0 Å². The topological polar surface area (TPSA) is 37.3 Å². The van der Waals surface area contributed by atoms with Crippen LogP contribution >= 0.6 is 0 Å². The average Bonchev–Trinajstić information content (AvgIpc) is 2.96. The fraction of sp³-hybridized carbons (Fsp3) is 0.353. The number of rotatable bonds is 2. The number of anilines is 1. The van der Waals surface area contributed by atoms with Crippen LogP contribution in [0, 0.1) is 11.7 Å². The van der Waals surface area contributed by atoms with E-state index in [0.29, 0.717) is 6.54 Å². The molecule has 1 aliphatic heterocycles. The minimum atomic E-state index is -0.419. The second-order valence-corrected chi connectivity index (χ2v) is 5.92. The Kier molecular flexibility index (Phi) is 3.88. The van der Waals surface area contributed by atoms with Gasteiger partial charge in [0.25, 0.3) is 0 Å². The Bertz CT molecular complexity index is 680. The van der Waals surface area contributed by atoms with Crippen LogP contribution in [0.3, 0.4) is 0 Å². The number of nitrogens with zero attached hydrogens (tertiary/aromatic N) is 2. The fourth-order valence-corrected chi connectivity index (χ4v) is 3.09. The Hall–Kier alpha value is -2.30. The number of halogens is 1. The number of para-hydroxylation sites is 1. The lowest BCUT2D eigenvalue weighted by atomic mass is 9.97. The van der Waals surface area contributed by atoms with Gasteiger partial charge >= 0.3 is 6.03 Å². The van der Waals surface area contributed by atoms with Crippen molar-refractivity contribution in [1.29, 1.82) is 0 Å². The number of hydrogen-bond donors (Lipinski definition) is 1. The van der Waals surface area contributed by atoms with E-state index in [4.69, 9.17) is 0 Å². The minimum Gasteiger partial charge on any atom is -0.348 e. The van der Waals surface area contributed by atoms with Gasteiger partial charge in [0.2, 0.25) is 0 Å². The van der Waals surface area contributed by atoms with E-state index in [2.05, 4.69) is 23.7 Å². The number of nitrogens with one attached hydrogen (secondary N) is 1. The van der Waals surface area contributed by atoms with Gasteiger partial charge in [-0.25, -0.2) is 9.18 Å². The van der Waals surface area contributed by atoms with Gasteiger partial charge in [0.15, 0.2) is 0 Å². The zero-order valence-corrected chi connectivity index (χ0v) is 12.8. The second-order valence-electron chi connectivity index (χ2n) is 5.92. The molecule has 0 saturated heterocycles. The van der Waals surface area contributed by atoms with Crippen LogP contribution in [-0.2, 0) is 6.54 Å². The van der Waals surface area contributed by atoms with Gasteiger partial charge in [-0.3, -0.25) is 0 Å². The average molecular weight is 301 g/mol. The van der Waals surface area contributed by atoms with Crippen molar-refractivity contribution < 1.29 is 9.18 Å². The van der Waals surface area contributed by atoms with E-state index in [1.165, 1.54) is 6.07 Å². The number of hydrogen-bond acceptors (Lipinski definition) is 1. The molecule has 2 aromatic rings. The Morgan fingerprint density at radius 1 is 1.23 bits per heavy atom. The van der Waals surface area contributed by atoms with E-state index in [1.54, 1.807) is 23.1 Å². The van der Waals surface area contributed by atoms with E-state index >= 15 is 0 Å². The molecule has 1 aromatic heterocycles. The first-order valence-electron chi connectivity index (χ1n) is 7.55. The van der Waals surface area contributed by atoms with Gasteiger partial charge in [-0.2, -0.15) is 0 Å². The highest BCUT2D eigenvalue weighted by Gasteiger charge is 2.33. The Balaban J connectivity index is 1.84. The summed E-state index contributed by atoms with van der Waals surface area (Å²) in [5.74, 6) is -0.141.